The zero-order valence-corrected chi connectivity index (χ0v) is 13.1. The lowest BCUT2D eigenvalue weighted by Crippen LogP contribution is -2.10. The normalized spacial score (nSPS) is 20.1. The van der Waals surface area contributed by atoms with Crippen LogP contribution in [-0.2, 0) is 4.79 Å². The maximum absolute atomic E-state index is 9.43. The minimum atomic E-state index is 0.533. The van der Waals surface area contributed by atoms with Gasteiger partial charge in [-0.2, -0.15) is 0 Å². The highest BCUT2D eigenvalue weighted by atomic mass is 16.1. The Labute approximate surface area is 123 Å². The summed E-state index contributed by atoms with van der Waals surface area (Å²) >= 11 is 0. The molecule has 4 nitrogen and oxygen atoms in total. The average molecular weight is 279 g/mol. The van der Waals surface area contributed by atoms with Gasteiger partial charge in [-0.05, 0) is 25.7 Å². The van der Waals surface area contributed by atoms with E-state index in [0.29, 0.717) is 12.1 Å². The molecule has 2 saturated carbocycles. The van der Waals surface area contributed by atoms with Gasteiger partial charge in [0.2, 0.25) is 6.41 Å². The van der Waals surface area contributed by atoms with Gasteiger partial charge in [0.05, 0.1) is 18.1 Å². The van der Waals surface area contributed by atoms with Gasteiger partial charge >= 0.3 is 0 Å². The van der Waals surface area contributed by atoms with Crippen LogP contribution in [0, 0.1) is 0 Å². The highest BCUT2D eigenvalue weighted by Crippen LogP contribution is 2.21. The third-order valence-electron chi connectivity index (χ3n) is 3.84. The van der Waals surface area contributed by atoms with Crippen molar-refractivity contribution >= 4 is 12.4 Å². The molecule has 0 heterocycles. The van der Waals surface area contributed by atoms with Crippen LogP contribution in [-0.4, -0.2) is 43.5 Å². The van der Waals surface area contributed by atoms with Crippen molar-refractivity contribution in [1.29, 1.82) is 0 Å². The van der Waals surface area contributed by atoms with Crippen molar-refractivity contribution in [2.75, 3.05) is 14.1 Å². The van der Waals surface area contributed by atoms with Crippen molar-refractivity contribution in [1.82, 2.24) is 4.90 Å². The summed E-state index contributed by atoms with van der Waals surface area (Å²) in [5.41, 5.74) is 0. The van der Waals surface area contributed by atoms with Gasteiger partial charge in [-0.25, -0.2) is 9.98 Å². The Balaban J connectivity index is 0.000000347. The third-order valence-corrected chi connectivity index (χ3v) is 3.84. The summed E-state index contributed by atoms with van der Waals surface area (Å²) in [6, 6.07) is 4.04. The Morgan fingerprint density at radius 2 is 1.20 bits per heavy atom. The summed E-state index contributed by atoms with van der Waals surface area (Å²) in [5, 5.41) is 0. The van der Waals surface area contributed by atoms with E-state index in [-0.39, 0.29) is 0 Å². The molecule has 2 fully saturated rings. The molecule has 2 aliphatic rings. The zero-order chi connectivity index (χ0) is 14.6. The Morgan fingerprint density at radius 1 is 0.850 bits per heavy atom. The highest BCUT2D eigenvalue weighted by molar-refractivity contribution is 5.45. The number of hydrogen-bond acceptors (Lipinski definition) is 3. The number of carbonyl (C=O) groups is 1. The zero-order valence-electron chi connectivity index (χ0n) is 13.1. The van der Waals surface area contributed by atoms with E-state index < -0.39 is 0 Å². The van der Waals surface area contributed by atoms with Gasteiger partial charge in [-0.1, -0.05) is 38.5 Å². The fourth-order valence-corrected chi connectivity index (χ4v) is 2.62. The highest BCUT2D eigenvalue weighted by Gasteiger charge is 2.12. The molecule has 0 aliphatic heterocycles. The second kappa shape index (κ2) is 10.6. The van der Waals surface area contributed by atoms with E-state index in [1.807, 2.05) is 0 Å². The second-order valence-corrected chi connectivity index (χ2v) is 6.01. The van der Waals surface area contributed by atoms with Crippen LogP contribution in [0.15, 0.2) is 9.98 Å². The standard InChI is InChI=1S/C13H22N2.C3H7NO/c1-3-7-12(8-4-1)14-11-15-13-9-5-2-6-10-13;1-4(2)3-5/h12-13H,1-10H2;3H,1-2H3. The lowest BCUT2D eigenvalue weighted by molar-refractivity contribution is -0.115. The predicted molar refractivity (Wildman–Crippen MR) is 83.4 cm³/mol. The van der Waals surface area contributed by atoms with Crippen molar-refractivity contribution in [2.24, 2.45) is 9.98 Å². The molecular weight excluding hydrogens is 250 g/mol. The fraction of sp³-hybridized carbons (Fsp3) is 0.875. The van der Waals surface area contributed by atoms with Crippen LogP contribution < -0.4 is 0 Å². The lowest BCUT2D eigenvalue weighted by Gasteiger charge is -2.17. The van der Waals surface area contributed by atoms with Crippen LogP contribution in [0.5, 0.6) is 0 Å². The molecule has 0 aromatic carbocycles. The van der Waals surface area contributed by atoms with Crippen LogP contribution in [0.4, 0.5) is 0 Å². The van der Waals surface area contributed by atoms with Crippen molar-refractivity contribution < 1.29 is 4.79 Å². The molecule has 2 rings (SSSR count). The predicted octanol–water partition coefficient (Wildman–Crippen LogP) is 3.53. The summed E-state index contributed by atoms with van der Waals surface area (Å²) < 4.78 is 0. The quantitative estimate of drug-likeness (QED) is 0.576. The molecule has 0 unspecified atom stereocenters. The molecule has 2 aliphatic carbocycles. The maximum Gasteiger partial charge on any atom is 0.209 e. The van der Waals surface area contributed by atoms with Gasteiger partial charge in [-0.15, -0.1) is 0 Å². The summed E-state index contributed by atoms with van der Waals surface area (Å²) in [5.74, 6) is 0. The smallest absolute Gasteiger partial charge is 0.209 e. The summed E-state index contributed by atoms with van der Waals surface area (Å²) in [6.07, 6.45) is 14.0. The summed E-state index contributed by atoms with van der Waals surface area (Å²) in [4.78, 5) is 19.8. The minimum absolute atomic E-state index is 0.533. The van der Waals surface area contributed by atoms with Gasteiger partial charge < -0.3 is 4.90 Å². The minimum Gasteiger partial charge on any atom is -0.351 e. The number of hydrogen-bond donors (Lipinski definition) is 0. The molecule has 0 saturated heterocycles. The van der Waals surface area contributed by atoms with Crippen molar-refractivity contribution in [3.05, 3.63) is 0 Å². The van der Waals surface area contributed by atoms with Crippen LogP contribution in [0.1, 0.15) is 64.2 Å². The van der Waals surface area contributed by atoms with Crippen molar-refractivity contribution in [3.63, 3.8) is 0 Å². The molecule has 4 heteroatoms. The van der Waals surface area contributed by atoms with Crippen LogP contribution >= 0.6 is 0 Å². The molecule has 0 bridgehead atoms. The fourth-order valence-electron chi connectivity index (χ4n) is 2.62. The number of aliphatic imine (C=N–C) groups is 2. The Kier molecular flexibility index (Phi) is 8.97. The third kappa shape index (κ3) is 8.11. The van der Waals surface area contributed by atoms with Crippen LogP contribution in [0.25, 0.3) is 0 Å². The number of nitrogens with zero attached hydrogens (tertiary/aromatic N) is 3. The number of amides is 1. The van der Waals surface area contributed by atoms with E-state index in [0.717, 1.165) is 6.41 Å². The van der Waals surface area contributed by atoms with Gasteiger partial charge in [0.1, 0.15) is 0 Å². The van der Waals surface area contributed by atoms with E-state index in [1.54, 1.807) is 14.1 Å². The first-order valence-electron chi connectivity index (χ1n) is 7.98. The van der Waals surface area contributed by atoms with E-state index in [2.05, 4.69) is 16.0 Å². The Bertz CT molecular complexity index is 288. The Hall–Kier alpha value is -1.15. The number of carbonyl (C=O) groups excluding carboxylic acids is 1. The first-order chi connectivity index (χ1) is 9.72. The topological polar surface area (TPSA) is 45.0 Å². The first-order valence-corrected chi connectivity index (χ1v) is 7.98. The number of rotatable bonds is 3. The van der Waals surface area contributed by atoms with Crippen molar-refractivity contribution in [2.45, 2.75) is 76.3 Å². The second-order valence-electron chi connectivity index (χ2n) is 6.01. The van der Waals surface area contributed by atoms with Crippen molar-refractivity contribution in [3.8, 4) is 0 Å². The van der Waals surface area contributed by atoms with E-state index in [9.17, 15) is 4.79 Å². The van der Waals surface area contributed by atoms with Gasteiger partial charge in [0.25, 0.3) is 0 Å². The van der Waals surface area contributed by atoms with Gasteiger partial charge in [0, 0.05) is 14.1 Å². The molecule has 0 aromatic rings. The largest absolute Gasteiger partial charge is 0.351 e. The molecule has 20 heavy (non-hydrogen) atoms. The molecule has 114 valence electrons. The van der Waals surface area contributed by atoms with E-state index in [1.165, 1.54) is 69.1 Å². The summed E-state index contributed by atoms with van der Waals surface area (Å²) in [7, 11) is 3.38. The molecule has 0 radical (unpaired) electrons. The molecule has 1 amide bonds. The molecule has 0 aromatic heterocycles. The average Bonchev–Trinajstić information content (AvgIpc) is 2.50. The van der Waals surface area contributed by atoms with E-state index >= 15 is 0 Å². The SMILES string of the molecule is C(=NC1CCCCC1)=NC1CCCCC1.CN(C)C=O. The van der Waals surface area contributed by atoms with Gasteiger partial charge in [-0.3, -0.25) is 4.79 Å². The van der Waals surface area contributed by atoms with Crippen LogP contribution in [0.3, 0.4) is 0 Å². The molecule has 0 N–H and O–H groups in total. The summed E-state index contributed by atoms with van der Waals surface area (Å²) in [6.45, 7) is 0. The van der Waals surface area contributed by atoms with E-state index in [4.69, 9.17) is 0 Å². The lowest BCUT2D eigenvalue weighted by atomic mass is 9.96. The first kappa shape index (κ1) is 16.9. The maximum atomic E-state index is 9.43. The Morgan fingerprint density at radius 3 is 1.50 bits per heavy atom. The van der Waals surface area contributed by atoms with Gasteiger partial charge in [0.15, 0.2) is 0 Å². The molecule has 0 atom stereocenters. The monoisotopic (exact) mass is 279 g/mol. The van der Waals surface area contributed by atoms with Crippen LogP contribution in [0.2, 0.25) is 0 Å². The molecule has 0 spiro atoms. The molecular formula is C16H29N3O.